The molecule has 1 aromatic rings. The van der Waals surface area contributed by atoms with Gasteiger partial charge in [-0.3, -0.25) is 4.79 Å². The Morgan fingerprint density at radius 1 is 1.47 bits per heavy atom. The normalized spacial score (nSPS) is 11.3. The average molecular weight is 410 g/mol. The van der Waals surface area contributed by atoms with Gasteiger partial charge in [-0.1, -0.05) is 35.8 Å². The van der Waals surface area contributed by atoms with Crippen molar-refractivity contribution in [1.29, 1.82) is 0 Å². The van der Waals surface area contributed by atoms with Crippen molar-refractivity contribution in [2.75, 3.05) is 11.9 Å². The number of benzene rings is 1. The van der Waals surface area contributed by atoms with E-state index in [2.05, 4.69) is 57.7 Å². The Morgan fingerprint density at radius 3 is 2.76 bits per heavy atom. The van der Waals surface area contributed by atoms with E-state index in [1.807, 2.05) is 24.3 Å². The Labute approximate surface area is 125 Å². The van der Waals surface area contributed by atoms with Crippen molar-refractivity contribution >= 4 is 44.4 Å². The maximum Gasteiger partial charge on any atom is 0.251 e. The molecule has 0 spiro atoms. The number of amides is 1. The van der Waals surface area contributed by atoms with Gasteiger partial charge in [0.15, 0.2) is 0 Å². The fourth-order valence-electron chi connectivity index (χ4n) is 1.40. The van der Waals surface area contributed by atoms with Crippen LogP contribution in [0.15, 0.2) is 24.3 Å². The highest BCUT2D eigenvalue weighted by Gasteiger charge is 2.18. The molecule has 0 radical (unpaired) electrons. The number of hydrogen-bond donors (Lipinski definition) is 1. The molecule has 0 aliphatic carbocycles. The molecule has 4 heteroatoms. The molecule has 1 rings (SSSR count). The Morgan fingerprint density at radius 2 is 2.18 bits per heavy atom. The molecule has 1 N–H and O–H groups in total. The quantitative estimate of drug-likeness (QED) is 0.581. The third kappa shape index (κ3) is 5.38. The monoisotopic (exact) mass is 409 g/mol. The van der Waals surface area contributed by atoms with E-state index in [0.29, 0.717) is 6.54 Å². The Bertz CT molecular complexity index is 393. The molecule has 0 bridgehead atoms. The summed E-state index contributed by atoms with van der Waals surface area (Å²) in [6, 6.07) is 7.62. The SMILES string of the molecule is CC(C)(CCBr)CNC(=O)c1cccc(I)c1. The molecular weight excluding hydrogens is 393 g/mol. The van der Waals surface area contributed by atoms with Crippen molar-refractivity contribution in [3.05, 3.63) is 33.4 Å². The zero-order chi connectivity index (χ0) is 12.9. The van der Waals surface area contributed by atoms with Gasteiger partial charge in [0.1, 0.15) is 0 Å². The standard InChI is InChI=1S/C13H17BrINO/c1-13(2,6-7-14)9-16-12(17)10-4-3-5-11(15)8-10/h3-5,8H,6-7,9H2,1-2H3,(H,16,17). The first-order valence-electron chi connectivity index (χ1n) is 5.54. The Kier molecular flexibility index (Phi) is 5.92. The lowest BCUT2D eigenvalue weighted by molar-refractivity contribution is 0.0936. The average Bonchev–Trinajstić information content (AvgIpc) is 2.26. The molecule has 17 heavy (non-hydrogen) atoms. The summed E-state index contributed by atoms with van der Waals surface area (Å²) in [5.41, 5.74) is 0.854. The summed E-state index contributed by atoms with van der Waals surface area (Å²) in [4.78, 5) is 11.9. The Balaban J connectivity index is 2.56. The minimum Gasteiger partial charge on any atom is -0.352 e. The maximum absolute atomic E-state index is 11.9. The van der Waals surface area contributed by atoms with E-state index in [4.69, 9.17) is 0 Å². The van der Waals surface area contributed by atoms with Crippen LogP contribution in [0.25, 0.3) is 0 Å². The summed E-state index contributed by atoms with van der Waals surface area (Å²) in [5, 5.41) is 3.95. The molecule has 0 heterocycles. The van der Waals surface area contributed by atoms with E-state index >= 15 is 0 Å². The third-order valence-corrected chi connectivity index (χ3v) is 3.65. The summed E-state index contributed by atoms with van der Waals surface area (Å²) < 4.78 is 1.08. The van der Waals surface area contributed by atoms with Gasteiger partial charge < -0.3 is 5.32 Å². The van der Waals surface area contributed by atoms with Crippen LogP contribution in [0.1, 0.15) is 30.6 Å². The summed E-state index contributed by atoms with van der Waals surface area (Å²) in [6.45, 7) is 5.01. The van der Waals surface area contributed by atoms with Crippen LogP contribution in [-0.2, 0) is 0 Å². The highest BCUT2D eigenvalue weighted by molar-refractivity contribution is 14.1. The van der Waals surface area contributed by atoms with Gasteiger partial charge in [-0.05, 0) is 52.6 Å². The fourth-order valence-corrected chi connectivity index (χ4v) is 3.01. The molecule has 0 saturated heterocycles. The van der Waals surface area contributed by atoms with E-state index in [0.717, 1.165) is 20.9 Å². The van der Waals surface area contributed by atoms with E-state index in [-0.39, 0.29) is 11.3 Å². The lowest BCUT2D eigenvalue weighted by Gasteiger charge is -2.23. The number of alkyl halides is 1. The van der Waals surface area contributed by atoms with Gasteiger partial charge in [-0.25, -0.2) is 0 Å². The molecule has 1 aromatic carbocycles. The van der Waals surface area contributed by atoms with Crippen molar-refractivity contribution in [2.45, 2.75) is 20.3 Å². The highest BCUT2D eigenvalue weighted by atomic mass is 127. The second kappa shape index (κ2) is 6.73. The molecular formula is C13H17BrINO. The Hall–Kier alpha value is -0.100. The first-order valence-corrected chi connectivity index (χ1v) is 7.74. The lowest BCUT2D eigenvalue weighted by Crippen LogP contribution is -2.34. The number of halogens is 2. The maximum atomic E-state index is 11.9. The summed E-state index contributed by atoms with van der Waals surface area (Å²) >= 11 is 5.64. The van der Waals surface area contributed by atoms with Crippen LogP contribution in [0, 0.1) is 8.99 Å². The van der Waals surface area contributed by atoms with Crippen LogP contribution >= 0.6 is 38.5 Å². The molecule has 1 amide bonds. The highest BCUT2D eigenvalue weighted by Crippen LogP contribution is 2.20. The first kappa shape index (κ1) is 15.0. The fraction of sp³-hybridized carbons (Fsp3) is 0.462. The predicted octanol–water partition coefficient (Wildman–Crippen LogP) is 3.83. The second-order valence-electron chi connectivity index (χ2n) is 4.80. The van der Waals surface area contributed by atoms with Gasteiger partial charge in [0.05, 0.1) is 0 Å². The molecule has 0 saturated carbocycles. The van der Waals surface area contributed by atoms with Crippen molar-refractivity contribution < 1.29 is 4.79 Å². The third-order valence-electron chi connectivity index (χ3n) is 2.59. The number of nitrogens with one attached hydrogen (secondary N) is 1. The van der Waals surface area contributed by atoms with E-state index < -0.39 is 0 Å². The minimum absolute atomic E-state index is 0.00571. The molecule has 0 aliphatic heterocycles. The number of carbonyl (C=O) groups excluding carboxylic acids is 1. The molecule has 2 nitrogen and oxygen atoms in total. The summed E-state index contributed by atoms with van der Waals surface area (Å²) in [7, 11) is 0. The zero-order valence-electron chi connectivity index (χ0n) is 10.1. The molecule has 94 valence electrons. The smallest absolute Gasteiger partial charge is 0.251 e. The van der Waals surface area contributed by atoms with Crippen LogP contribution < -0.4 is 5.32 Å². The summed E-state index contributed by atoms with van der Waals surface area (Å²) in [5.74, 6) is 0.00571. The first-order chi connectivity index (χ1) is 7.94. The van der Waals surface area contributed by atoms with Gasteiger partial charge in [0, 0.05) is 21.0 Å². The zero-order valence-corrected chi connectivity index (χ0v) is 13.8. The van der Waals surface area contributed by atoms with Crippen LogP contribution in [0.4, 0.5) is 0 Å². The van der Waals surface area contributed by atoms with Crippen LogP contribution in [0.3, 0.4) is 0 Å². The van der Waals surface area contributed by atoms with Gasteiger partial charge in [-0.2, -0.15) is 0 Å². The number of carbonyl (C=O) groups is 1. The van der Waals surface area contributed by atoms with Crippen molar-refractivity contribution in [3.8, 4) is 0 Å². The van der Waals surface area contributed by atoms with Crippen LogP contribution in [0.2, 0.25) is 0 Å². The van der Waals surface area contributed by atoms with E-state index in [1.165, 1.54) is 0 Å². The predicted molar refractivity (Wildman–Crippen MR) is 83.7 cm³/mol. The molecule has 0 atom stereocenters. The summed E-state index contributed by atoms with van der Waals surface area (Å²) in [6.07, 6.45) is 1.04. The topological polar surface area (TPSA) is 29.1 Å². The van der Waals surface area contributed by atoms with Gasteiger partial charge in [0.25, 0.3) is 5.91 Å². The van der Waals surface area contributed by atoms with Crippen LogP contribution in [0.5, 0.6) is 0 Å². The van der Waals surface area contributed by atoms with Gasteiger partial charge in [0.2, 0.25) is 0 Å². The molecule has 0 unspecified atom stereocenters. The van der Waals surface area contributed by atoms with Gasteiger partial charge >= 0.3 is 0 Å². The largest absolute Gasteiger partial charge is 0.352 e. The minimum atomic E-state index is 0.00571. The molecule has 0 aliphatic rings. The van der Waals surface area contributed by atoms with Crippen LogP contribution in [-0.4, -0.2) is 17.8 Å². The molecule has 0 aromatic heterocycles. The second-order valence-corrected chi connectivity index (χ2v) is 6.83. The lowest BCUT2D eigenvalue weighted by atomic mass is 9.90. The van der Waals surface area contributed by atoms with E-state index in [1.54, 1.807) is 0 Å². The number of rotatable bonds is 5. The van der Waals surface area contributed by atoms with E-state index in [9.17, 15) is 4.79 Å². The molecule has 0 fully saturated rings. The van der Waals surface area contributed by atoms with Crippen molar-refractivity contribution in [3.63, 3.8) is 0 Å². The number of hydrogen-bond acceptors (Lipinski definition) is 1. The van der Waals surface area contributed by atoms with Crippen molar-refractivity contribution in [1.82, 2.24) is 5.32 Å². The van der Waals surface area contributed by atoms with Crippen molar-refractivity contribution in [2.24, 2.45) is 5.41 Å². The van der Waals surface area contributed by atoms with Gasteiger partial charge in [-0.15, -0.1) is 0 Å².